The van der Waals surface area contributed by atoms with E-state index in [2.05, 4.69) is 15.1 Å². The molecule has 43 heavy (non-hydrogen) atoms. The minimum Gasteiger partial charge on any atom is -0.445 e. The molecule has 1 atom stereocenters. The summed E-state index contributed by atoms with van der Waals surface area (Å²) in [5.41, 5.74) is 2.48. The summed E-state index contributed by atoms with van der Waals surface area (Å²) < 4.78 is 5.49. The standard InChI is InChI=1S/C32H37N5O6/c38-28-9-8-27(29(39)33-28)37-30(40)25-7-6-24(20-26(25)31(37)41)35-18-16-34(17-19-35)13-10-22-11-14-36(15-12-22)32(42)43-21-23-4-2-1-3-5-23/h1-7,20,22,27H,8-19,21H2,(H,33,38,39). The van der Waals surface area contributed by atoms with Gasteiger partial charge < -0.3 is 14.5 Å². The van der Waals surface area contributed by atoms with E-state index in [9.17, 15) is 24.0 Å². The summed E-state index contributed by atoms with van der Waals surface area (Å²) in [6, 6.07) is 14.1. The molecule has 5 amide bonds. The van der Waals surface area contributed by atoms with E-state index in [0.717, 1.165) is 81.2 Å². The molecule has 1 unspecified atom stereocenters. The molecule has 226 valence electrons. The van der Waals surface area contributed by atoms with E-state index in [1.165, 1.54) is 0 Å². The van der Waals surface area contributed by atoms with E-state index in [4.69, 9.17) is 4.74 Å². The van der Waals surface area contributed by atoms with Gasteiger partial charge in [-0.1, -0.05) is 30.3 Å². The second kappa shape index (κ2) is 12.5. The number of likely N-dealkylation sites (tertiary alicyclic amines) is 1. The Kier molecular flexibility index (Phi) is 8.42. The maximum atomic E-state index is 13.2. The fourth-order valence-corrected chi connectivity index (χ4v) is 6.47. The number of piperidine rings is 2. The molecule has 11 nitrogen and oxygen atoms in total. The van der Waals surface area contributed by atoms with E-state index >= 15 is 0 Å². The first-order valence-corrected chi connectivity index (χ1v) is 15.2. The number of carbonyl (C=O) groups is 5. The van der Waals surface area contributed by atoms with Gasteiger partial charge in [0.1, 0.15) is 12.6 Å². The van der Waals surface area contributed by atoms with Crippen LogP contribution in [0.25, 0.3) is 0 Å². The highest BCUT2D eigenvalue weighted by Gasteiger charge is 2.44. The largest absolute Gasteiger partial charge is 0.445 e. The first-order valence-electron chi connectivity index (χ1n) is 15.2. The van der Waals surface area contributed by atoms with Crippen LogP contribution in [0.15, 0.2) is 48.5 Å². The molecule has 11 heteroatoms. The number of nitrogens with one attached hydrogen (secondary N) is 1. The number of fused-ring (bicyclic) bond motifs is 1. The van der Waals surface area contributed by atoms with Crippen LogP contribution in [0.3, 0.4) is 0 Å². The fourth-order valence-electron chi connectivity index (χ4n) is 6.47. The summed E-state index contributed by atoms with van der Waals surface area (Å²) in [4.78, 5) is 70.0. The van der Waals surface area contributed by atoms with Crippen LogP contribution in [0.2, 0.25) is 0 Å². The van der Waals surface area contributed by atoms with Gasteiger partial charge in [-0.05, 0) is 61.9 Å². The number of carbonyl (C=O) groups excluding carboxylic acids is 5. The molecule has 0 saturated carbocycles. The number of hydrogen-bond acceptors (Lipinski definition) is 8. The molecule has 2 aromatic rings. The average Bonchev–Trinajstić information content (AvgIpc) is 3.28. The number of anilines is 1. The third-order valence-corrected chi connectivity index (χ3v) is 9.09. The maximum absolute atomic E-state index is 13.2. The van der Waals surface area contributed by atoms with E-state index in [1.807, 2.05) is 41.3 Å². The van der Waals surface area contributed by atoms with Crippen molar-refractivity contribution in [1.82, 2.24) is 20.0 Å². The van der Waals surface area contributed by atoms with Gasteiger partial charge in [-0.2, -0.15) is 0 Å². The minimum absolute atomic E-state index is 0.0996. The maximum Gasteiger partial charge on any atom is 0.410 e. The zero-order chi connectivity index (χ0) is 29.9. The summed E-state index contributed by atoms with van der Waals surface area (Å²) >= 11 is 0. The summed E-state index contributed by atoms with van der Waals surface area (Å²) in [6.07, 6.45) is 3.07. The monoisotopic (exact) mass is 587 g/mol. The van der Waals surface area contributed by atoms with E-state index in [0.29, 0.717) is 23.7 Å². The highest BCUT2D eigenvalue weighted by molar-refractivity contribution is 6.23. The molecule has 2 aromatic carbocycles. The number of nitrogens with zero attached hydrogens (tertiary/aromatic N) is 4. The number of hydrogen-bond donors (Lipinski definition) is 1. The molecule has 0 bridgehead atoms. The van der Waals surface area contributed by atoms with Gasteiger partial charge in [0, 0.05) is 51.4 Å². The van der Waals surface area contributed by atoms with Crippen molar-refractivity contribution in [3.63, 3.8) is 0 Å². The number of benzene rings is 2. The third kappa shape index (κ3) is 6.27. The minimum atomic E-state index is -0.960. The number of amides is 5. The summed E-state index contributed by atoms with van der Waals surface area (Å²) in [7, 11) is 0. The van der Waals surface area contributed by atoms with Gasteiger partial charge in [0.2, 0.25) is 11.8 Å². The normalized spacial score (nSPS) is 21.7. The predicted molar refractivity (Wildman–Crippen MR) is 157 cm³/mol. The lowest BCUT2D eigenvalue weighted by atomic mass is 9.93. The van der Waals surface area contributed by atoms with Crippen LogP contribution in [0, 0.1) is 5.92 Å². The van der Waals surface area contributed by atoms with Crippen LogP contribution in [-0.2, 0) is 20.9 Å². The number of ether oxygens (including phenoxy) is 1. The topological polar surface area (TPSA) is 120 Å². The molecule has 4 heterocycles. The van der Waals surface area contributed by atoms with E-state index < -0.39 is 23.8 Å². The molecule has 3 fully saturated rings. The molecule has 0 aromatic heterocycles. The molecule has 0 aliphatic carbocycles. The molecule has 0 spiro atoms. The van der Waals surface area contributed by atoms with Crippen molar-refractivity contribution in [2.24, 2.45) is 5.92 Å². The Hall–Kier alpha value is -4.25. The van der Waals surface area contributed by atoms with Crippen molar-refractivity contribution in [2.75, 3.05) is 50.7 Å². The lowest BCUT2D eigenvalue weighted by molar-refractivity contribution is -0.136. The quantitative estimate of drug-likeness (QED) is 0.491. The van der Waals surface area contributed by atoms with Gasteiger partial charge in [0.05, 0.1) is 11.1 Å². The van der Waals surface area contributed by atoms with Gasteiger partial charge in [0.25, 0.3) is 11.8 Å². The van der Waals surface area contributed by atoms with Crippen LogP contribution < -0.4 is 10.2 Å². The Morgan fingerprint density at radius 2 is 1.56 bits per heavy atom. The molecular formula is C32H37N5O6. The van der Waals surface area contributed by atoms with Gasteiger partial charge in [-0.3, -0.25) is 34.3 Å². The van der Waals surface area contributed by atoms with Gasteiger partial charge in [-0.15, -0.1) is 0 Å². The SMILES string of the molecule is O=C1CCC(N2C(=O)c3ccc(N4CCN(CCC5CCN(C(=O)OCc6ccccc6)CC5)CC4)cc3C2=O)C(=O)N1. The second-order valence-electron chi connectivity index (χ2n) is 11.8. The lowest BCUT2D eigenvalue weighted by Gasteiger charge is -2.37. The van der Waals surface area contributed by atoms with E-state index in [1.54, 1.807) is 12.1 Å². The van der Waals surface area contributed by atoms with Gasteiger partial charge in [-0.25, -0.2) is 4.79 Å². The molecule has 4 aliphatic heterocycles. The van der Waals surface area contributed by atoms with E-state index in [-0.39, 0.29) is 24.8 Å². The Morgan fingerprint density at radius 1 is 0.837 bits per heavy atom. The van der Waals surface area contributed by atoms with Crippen molar-refractivity contribution in [3.05, 3.63) is 65.2 Å². The van der Waals surface area contributed by atoms with Crippen molar-refractivity contribution in [3.8, 4) is 0 Å². The Labute approximate surface area is 250 Å². The Balaban J connectivity index is 0.943. The Bertz CT molecular complexity index is 1400. The summed E-state index contributed by atoms with van der Waals surface area (Å²) in [5, 5.41) is 2.23. The molecule has 1 N–H and O–H groups in total. The summed E-state index contributed by atoms with van der Waals surface area (Å²) in [6.45, 7) is 6.18. The smallest absolute Gasteiger partial charge is 0.410 e. The van der Waals surface area contributed by atoms with Crippen LogP contribution in [-0.4, -0.2) is 96.3 Å². The van der Waals surface area contributed by atoms with Crippen LogP contribution in [0.1, 0.15) is 58.4 Å². The molecule has 0 radical (unpaired) electrons. The average molecular weight is 588 g/mol. The number of rotatable bonds is 7. The van der Waals surface area contributed by atoms with Crippen molar-refractivity contribution in [1.29, 1.82) is 0 Å². The second-order valence-corrected chi connectivity index (χ2v) is 11.8. The zero-order valence-corrected chi connectivity index (χ0v) is 24.2. The van der Waals surface area contributed by atoms with Crippen molar-refractivity contribution < 1.29 is 28.7 Å². The van der Waals surface area contributed by atoms with Gasteiger partial charge in [0.15, 0.2) is 0 Å². The molecule has 6 rings (SSSR count). The highest BCUT2D eigenvalue weighted by Crippen LogP contribution is 2.31. The van der Waals surface area contributed by atoms with Crippen molar-refractivity contribution >= 4 is 35.4 Å². The predicted octanol–water partition coefficient (Wildman–Crippen LogP) is 2.65. The van der Waals surface area contributed by atoms with Crippen LogP contribution in [0.4, 0.5) is 10.5 Å². The number of imide groups is 2. The lowest BCUT2D eigenvalue weighted by Crippen LogP contribution is -2.54. The molecular weight excluding hydrogens is 550 g/mol. The van der Waals surface area contributed by atoms with Crippen LogP contribution >= 0.6 is 0 Å². The highest BCUT2D eigenvalue weighted by atomic mass is 16.6. The first-order chi connectivity index (χ1) is 20.9. The Morgan fingerprint density at radius 3 is 2.28 bits per heavy atom. The molecule has 4 aliphatic rings. The first kappa shape index (κ1) is 28.9. The van der Waals surface area contributed by atoms with Crippen molar-refractivity contribution in [2.45, 2.75) is 44.8 Å². The number of piperazine rings is 1. The zero-order valence-electron chi connectivity index (χ0n) is 24.2. The van der Waals surface area contributed by atoms with Gasteiger partial charge >= 0.3 is 6.09 Å². The fraction of sp³-hybridized carbons (Fsp3) is 0.469. The molecule has 3 saturated heterocycles. The summed E-state index contributed by atoms with van der Waals surface area (Å²) in [5.74, 6) is -1.37. The van der Waals surface area contributed by atoms with Crippen LogP contribution in [0.5, 0.6) is 0 Å². The third-order valence-electron chi connectivity index (χ3n) is 9.09.